The highest BCUT2D eigenvalue weighted by Crippen LogP contribution is 2.46. The third-order valence-electron chi connectivity index (χ3n) is 4.53. The zero-order valence-electron chi connectivity index (χ0n) is 13.9. The van der Waals surface area contributed by atoms with Crippen molar-refractivity contribution in [2.24, 2.45) is 7.05 Å². The summed E-state index contributed by atoms with van der Waals surface area (Å²) in [6.07, 6.45) is 0.343. The van der Waals surface area contributed by atoms with E-state index >= 15 is 0 Å². The number of methoxy groups -OCH3 is 1. The van der Waals surface area contributed by atoms with E-state index in [1.807, 2.05) is 26.1 Å². The van der Waals surface area contributed by atoms with Gasteiger partial charge in [-0.25, -0.2) is 0 Å². The number of anilines is 1. The van der Waals surface area contributed by atoms with Crippen molar-refractivity contribution in [2.45, 2.75) is 19.3 Å². The highest BCUT2D eigenvalue weighted by atomic mass is 16.6. The molecule has 2 aliphatic heterocycles. The third-order valence-corrected chi connectivity index (χ3v) is 4.53. The quantitative estimate of drug-likeness (QED) is 0.912. The van der Waals surface area contributed by atoms with Crippen molar-refractivity contribution in [1.29, 1.82) is 0 Å². The molecule has 1 aromatic heterocycles. The highest BCUT2D eigenvalue weighted by molar-refractivity contribution is 5.94. The molecule has 2 aliphatic rings. The van der Waals surface area contributed by atoms with Crippen LogP contribution in [0.3, 0.4) is 0 Å². The Kier molecular flexibility index (Phi) is 3.37. The molecule has 0 spiro atoms. The second-order valence-electron chi connectivity index (χ2n) is 6.01. The summed E-state index contributed by atoms with van der Waals surface area (Å²) in [6, 6.07) is 3.76. The van der Waals surface area contributed by atoms with E-state index in [9.17, 15) is 4.79 Å². The summed E-state index contributed by atoms with van der Waals surface area (Å²) >= 11 is 0. The van der Waals surface area contributed by atoms with Gasteiger partial charge in [0.05, 0.1) is 12.8 Å². The van der Waals surface area contributed by atoms with Gasteiger partial charge in [0.2, 0.25) is 5.91 Å². The second kappa shape index (κ2) is 5.43. The van der Waals surface area contributed by atoms with Gasteiger partial charge in [0.1, 0.15) is 24.8 Å². The second-order valence-corrected chi connectivity index (χ2v) is 6.01. The number of carbonyl (C=O) groups excluding carboxylic acids is 1. The minimum atomic E-state index is -0.131. The molecular weight excluding hydrogens is 310 g/mol. The van der Waals surface area contributed by atoms with Crippen LogP contribution in [0.5, 0.6) is 17.2 Å². The van der Waals surface area contributed by atoms with Crippen molar-refractivity contribution in [3.05, 3.63) is 29.0 Å². The fourth-order valence-electron chi connectivity index (χ4n) is 3.51. The van der Waals surface area contributed by atoms with Crippen molar-refractivity contribution in [1.82, 2.24) is 9.78 Å². The maximum absolute atomic E-state index is 12.2. The molecule has 0 radical (unpaired) electrons. The summed E-state index contributed by atoms with van der Waals surface area (Å²) in [6.45, 7) is 2.99. The van der Waals surface area contributed by atoms with E-state index in [4.69, 9.17) is 14.2 Å². The van der Waals surface area contributed by atoms with Crippen LogP contribution < -0.4 is 19.5 Å². The van der Waals surface area contributed by atoms with Crippen LogP contribution in [0.25, 0.3) is 0 Å². The number of rotatable bonds is 2. The van der Waals surface area contributed by atoms with Crippen LogP contribution in [0.1, 0.15) is 29.2 Å². The Labute approximate surface area is 139 Å². The van der Waals surface area contributed by atoms with Crippen molar-refractivity contribution in [3.8, 4) is 17.2 Å². The van der Waals surface area contributed by atoms with Gasteiger partial charge >= 0.3 is 0 Å². The third kappa shape index (κ3) is 2.19. The predicted molar refractivity (Wildman–Crippen MR) is 87.0 cm³/mol. The summed E-state index contributed by atoms with van der Waals surface area (Å²) in [5, 5.41) is 7.36. The Bertz CT molecular complexity index is 828. The number of hydrogen-bond donors (Lipinski definition) is 1. The van der Waals surface area contributed by atoms with E-state index in [2.05, 4.69) is 10.4 Å². The molecule has 0 saturated heterocycles. The van der Waals surface area contributed by atoms with Gasteiger partial charge in [-0.15, -0.1) is 0 Å². The van der Waals surface area contributed by atoms with E-state index in [-0.39, 0.29) is 11.8 Å². The molecule has 0 fully saturated rings. The normalized spacial score (nSPS) is 18.8. The molecule has 24 heavy (non-hydrogen) atoms. The molecule has 0 aliphatic carbocycles. The van der Waals surface area contributed by atoms with Crippen molar-refractivity contribution in [3.63, 3.8) is 0 Å². The van der Waals surface area contributed by atoms with Gasteiger partial charge in [-0.2, -0.15) is 5.10 Å². The number of ether oxygens (including phenoxy) is 3. The van der Waals surface area contributed by atoms with Gasteiger partial charge in [0.25, 0.3) is 0 Å². The van der Waals surface area contributed by atoms with E-state index in [0.29, 0.717) is 36.9 Å². The maximum atomic E-state index is 12.2. The Balaban J connectivity index is 1.89. The number of aromatic nitrogens is 2. The van der Waals surface area contributed by atoms with E-state index in [1.165, 1.54) is 0 Å². The largest absolute Gasteiger partial charge is 0.496 e. The number of carbonyl (C=O) groups is 1. The molecular formula is C17H19N3O4. The topological polar surface area (TPSA) is 74.6 Å². The number of nitrogens with one attached hydrogen (secondary N) is 1. The molecule has 1 N–H and O–H groups in total. The Hall–Kier alpha value is -2.70. The van der Waals surface area contributed by atoms with Crippen LogP contribution >= 0.6 is 0 Å². The fourth-order valence-corrected chi connectivity index (χ4v) is 3.51. The molecule has 126 valence electrons. The number of hydrogen-bond acceptors (Lipinski definition) is 5. The summed E-state index contributed by atoms with van der Waals surface area (Å²) in [4.78, 5) is 12.2. The van der Waals surface area contributed by atoms with Crippen LogP contribution in [0.2, 0.25) is 0 Å². The summed E-state index contributed by atoms with van der Waals surface area (Å²) < 4.78 is 18.6. The molecule has 7 heteroatoms. The molecule has 0 saturated carbocycles. The summed E-state index contributed by atoms with van der Waals surface area (Å²) in [7, 11) is 3.45. The van der Waals surface area contributed by atoms with Gasteiger partial charge in [0.15, 0.2) is 11.5 Å². The predicted octanol–water partition coefficient (Wildman–Crippen LogP) is 1.98. The monoisotopic (exact) mass is 329 g/mol. The fraction of sp³-hybridized carbons (Fsp3) is 0.412. The molecule has 2 aromatic rings. The SMILES string of the molecule is COc1cc2c(cc1[C@H]1CC(=O)Nc3c1c(C)nn3C)OCCO2. The molecule has 1 aromatic carbocycles. The molecule has 3 heterocycles. The zero-order valence-corrected chi connectivity index (χ0v) is 13.9. The molecule has 4 rings (SSSR count). The lowest BCUT2D eigenvalue weighted by molar-refractivity contribution is -0.116. The standard InChI is InChI=1S/C17H19N3O4/c1-9-16-11(7-15(21)18-17(16)20(2)19-9)10-6-13-14(8-12(10)22-3)24-5-4-23-13/h6,8,11H,4-5,7H2,1-3H3,(H,18,21)/t11-/m1/s1. The number of nitrogens with zero attached hydrogens (tertiary/aromatic N) is 2. The Morgan fingerprint density at radius 2 is 2.00 bits per heavy atom. The number of fused-ring (bicyclic) bond motifs is 2. The van der Waals surface area contributed by atoms with Crippen molar-refractivity contribution >= 4 is 11.7 Å². The maximum Gasteiger partial charge on any atom is 0.226 e. The number of benzene rings is 1. The van der Waals surface area contributed by atoms with Crippen LogP contribution in [0.4, 0.5) is 5.82 Å². The lowest BCUT2D eigenvalue weighted by Crippen LogP contribution is -2.25. The van der Waals surface area contributed by atoms with Gasteiger partial charge in [0, 0.05) is 36.6 Å². The van der Waals surface area contributed by atoms with Crippen LogP contribution in [0.15, 0.2) is 12.1 Å². The van der Waals surface area contributed by atoms with Gasteiger partial charge in [-0.3, -0.25) is 9.48 Å². The molecule has 7 nitrogen and oxygen atoms in total. The van der Waals surface area contributed by atoms with Crippen LogP contribution in [-0.4, -0.2) is 36.0 Å². The van der Waals surface area contributed by atoms with Crippen LogP contribution in [-0.2, 0) is 11.8 Å². The van der Waals surface area contributed by atoms with E-state index in [1.54, 1.807) is 11.8 Å². The minimum Gasteiger partial charge on any atom is -0.496 e. The van der Waals surface area contributed by atoms with Crippen molar-refractivity contribution in [2.75, 3.05) is 25.6 Å². The number of aryl methyl sites for hydroxylation is 2. The Morgan fingerprint density at radius 1 is 1.29 bits per heavy atom. The van der Waals surface area contributed by atoms with Gasteiger partial charge in [-0.05, 0) is 13.0 Å². The van der Waals surface area contributed by atoms with Crippen molar-refractivity contribution < 1.29 is 19.0 Å². The molecule has 0 bridgehead atoms. The zero-order chi connectivity index (χ0) is 16.8. The smallest absolute Gasteiger partial charge is 0.226 e. The first-order valence-corrected chi connectivity index (χ1v) is 7.89. The van der Waals surface area contributed by atoms with Crippen LogP contribution in [0, 0.1) is 6.92 Å². The average Bonchev–Trinajstić information content (AvgIpc) is 2.87. The van der Waals surface area contributed by atoms with E-state index in [0.717, 1.165) is 22.6 Å². The molecule has 0 unspecified atom stereocenters. The summed E-state index contributed by atoms with van der Waals surface area (Å²) in [5.41, 5.74) is 2.83. The first-order valence-electron chi connectivity index (χ1n) is 7.89. The summed E-state index contributed by atoms with van der Waals surface area (Å²) in [5.74, 6) is 2.62. The first kappa shape index (κ1) is 14.9. The minimum absolute atomic E-state index is 0.0348. The average molecular weight is 329 g/mol. The Morgan fingerprint density at radius 3 is 2.71 bits per heavy atom. The molecule has 1 atom stereocenters. The lowest BCUT2D eigenvalue weighted by Gasteiger charge is -2.27. The number of amides is 1. The highest BCUT2D eigenvalue weighted by Gasteiger charge is 2.34. The molecule has 1 amide bonds. The first-order chi connectivity index (χ1) is 11.6. The van der Waals surface area contributed by atoms with Gasteiger partial charge < -0.3 is 19.5 Å². The van der Waals surface area contributed by atoms with E-state index < -0.39 is 0 Å². The lowest BCUT2D eigenvalue weighted by atomic mass is 9.85. The van der Waals surface area contributed by atoms with Gasteiger partial charge in [-0.1, -0.05) is 0 Å².